The first kappa shape index (κ1) is 13.9. The fourth-order valence-electron chi connectivity index (χ4n) is 1.98. The number of nitrogens with one attached hydrogen (secondary N) is 1. The van der Waals surface area contributed by atoms with Gasteiger partial charge in [0.2, 0.25) is 0 Å². The van der Waals surface area contributed by atoms with Crippen LogP contribution in [-0.2, 0) is 11.3 Å². The third-order valence-corrected chi connectivity index (χ3v) is 3.86. The van der Waals surface area contributed by atoms with E-state index >= 15 is 0 Å². The van der Waals surface area contributed by atoms with Crippen molar-refractivity contribution < 1.29 is 9.84 Å². The van der Waals surface area contributed by atoms with Gasteiger partial charge in [-0.3, -0.25) is 4.90 Å². The summed E-state index contributed by atoms with van der Waals surface area (Å²) in [7, 11) is 0. The summed E-state index contributed by atoms with van der Waals surface area (Å²) in [6.07, 6.45) is -0.329. The zero-order chi connectivity index (χ0) is 12.8. The molecule has 1 atom stereocenters. The van der Waals surface area contributed by atoms with Crippen LogP contribution in [0.3, 0.4) is 0 Å². The number of thiazole rings is 1. The Morgan fingerprint density at radius 3 is 3.00 bits per heavy atom. The van der Waals surface area contributed by atoms with Crippen LogP contribution in [0.25, 0.3) is 0 Å². The second kappa shape index (κ2) is 7.16. The van der Waals surface area contributed by atoms with Crippen molar-refractivity contribution in [2.75, 3.05) is 39.4 Å². The summed E-state index contributed by atoms with van der Waals surface area (Å²) in [6.45, 7) is 7.44. The standard InChI is InChI=1S/C12H21N3O2S/c1-10-9-18-12(14-10)7-13-6-11(16)8-15-2-4-17-5-3-15/h9,11,13,16H,2-8H2,1H3. The molecule has 0 aliphatic carbocycles. The van der Waals surface area contributed by atoms with Crippen LogP contribution in [0.1, 0.15) is 10.7 Å². The average molecular weight is 271 g/mol. The van der Waals surface area contributed by atoms with Crippen molar-refractivity contribution in [3.8, 4) is 0 Å². The van der Waals surface area contributed by atoms with Gasteiger partial charge in [0.25, 0.3) is 0 Å². The van der Waals surface area contributed by atoms with Gasteiger partial charge in [-0.2, -0.15) is 0 Å². The van der Waals surface area contributed by atoms with Gasteiger partial charge in [-0.15, -0.1) is 11.3 Å². The van der Waals surface area contributed by atoms with Crippen LogP contribution in [0.15, 0.2) is 5.38 Å². The third-order valence-electron chi connectivity index (χ3n) is 2.90. The number of aliphatic hydroxyl groups excluding tert-OH is 1. The second-order valence-electron chi connectivity index (χ2n) is 4.58. The lowest BCUT2D eigenvalue weighted by Gasteiger charge is -2.28. The number of β-amino-alcohol motifs (C(OH)–C–C–N with tert-alkyl or cyclic N) is 1. The molecule has 1 aromatic heterocycles. The Bertz CT molecular complexity index is 353. The Hall–Kier alpha value is -0.530. The van der Waals surface area contributed by atoms with E-state index in [1.807, 2.05) is 12.3 Å². The molecule has 5 nitrogen and oxygen atoms in total. The van der Waals surface area contributed by atoms with Crippen molar-refractivity contribution in [3.05, 3.63) is 16.1 Å². The zero-order valence-corrected chi connectivity index (χ0v) is 11.6. The van der Waals surface area contributed by atoms with E-state index < -0.39 is 0 Å². The molecule has 1 unspecified atom stereocenters. The van der Waals surface area contributed by atoms with Gasteiger partial charge in [0.05, 0.1) is 19.3 Å². The molecule has 0 radical (unpaired) electrons. The molecule has 1 aliphatic rings. The van der Waals surface area contributed by atoms with Crippen molar-refractivity contribution in [1.29, 1.82) is 0 Å². The van der Waals surface area contributed by atoms with Gasteiger partial charge < -0.3 is 15.2 Å². The fraction of sp³-hybridized carbons (Fsp3) is 0.750. The van der Waals surface area contributed by atoms with Gasteiger partial charge in [0, 0.05) is 43.8 Å². The fourth-order valence-corrected chi connectivity index (χ4v) is 2.72. The summed E-state index contributed by atoms with van der Waals surface area (Å²) in [5, 5.41) is 16.3. The third kappa shape index (κ3) is 4.62. The molecule has 18 heavy (non-hydrogen) atoms. The van der Waals surface area contributed by atoms with E-state index in [2.05, 4.69) is 15.2 Å². The summed E-state index contributed by atoms with van der Waals surface area (Å²) in [5.74, 6) is 0. The normalized spacial score (nSPS) is 19.0. The minimum Gasteiger partial charge on any atom is -0.390 e. The van der Waals surface area contributed by atoms with Crippen LogP contribution in [0.2, 0.25) is 0 Å². The first-order valence-electron chi connectivity index (χ1n) is 6.34. The molecule has 1 aliphatic heterocycles. The van der Waals surface area contributed by atoms with Crippen molar-refractivity contribution in [2.45, 2.75) is 19.6 Å². The average Bonchev–Trinajstić information content (AvgIpc) is 2.76. The Balaban J connectivity index is 1.60. The van der Waals surface area contributed by atoms with E-state index in [0.717, 1.165) is 43.5 Å². The molecule has 2 rings (SSSR count). The molecule has 1 fully saturated rings. The molecular formula is C12H21N3O2S. The Labute approximate surface area is 112 Å². The topological polar surface area (TPSA) is 57.6 Å². The van der Waals surface area contributed by atoms with Crippen LogP contribution in [0, 0.1) is 6.92 Å². The lowest BCUT2D eigenvalue weighted by molar-refractivity contribution is 0.0149. The van der Waals surface area contributed by atoms with Crippen molar-refractivity contribution >= 4 is 11.3 Å². The van der Waals surface area contributed by atoms with Crippen molar-refractivity contribution in [1.82, 2.24) is 15.2 Å². The van der Waals surface area contributed by atoms with E-state index in [1.54, 1.807) is 11.3 Å². The molecule has 0 bridgehead atoms. The maximum absolute atomic E-state index is 9.92. The van der Waals surface area contributed by atoms with Gasteiger partial charge >= 0.3 is 0 Å². The number of hydrogen-bond acceptors (Lipinski definition) is 6. The highest BCUT2D eigenvalue weighted by atomic mass is 32.1. The zero-order valence-electron chi connectivity index (χ0n) is 10.8. The molecule has 0 spiro atoms. The number of rotatable bonds is 6. The van der Waals surface area contributed by atoms with E-state index in [0.29, 0.717) is 13.1 Å². The number of nitrogens with zero attached hydrogens (tertiary/aromatic N) is 2. The second-order valence-corrected chi connectivity index (χ2v) is 5.52. The number of ether oxygens (including phenoxy) is 1. The van der Waals surface area contributed by atoms with Crippen LogP contribution in [-0.4, -0.2) is 60.5 Å². The van der Waals surface area contributed by atoms with Crippen LogP contribution in [0.5, 0.6) is 0 Å². The van der Waals surface area contributed by atoms with Gasteiger partial charge in [-0.1, -0.05) is 0 Å². The predicted molar refractivity (Wildman–Crippen MR) is 71.8 cm³/mol. The highest BCUT2D eigenvalue weighted by Crippen LogP contribution is 2.07. The summed E-state index contributed by atoms with van der Waals surface area (Å²) in [6, 6.07) is 0. The van der Waals surface area contributed by atoms with Gasteiger partial charge in [0.15, 0.2) is 0 Å². The Kier molecular flexibility index (Phi) is 5.52. The quantitative estimate of drug-likeness (QED) is 0.776. The van der Waals surface area contributed by atoms with Crippen molar-refractivity contribution in [3.63, 3.8) is 0 Å². The molecule has 0 saturated carbocycles. The van der Waals surface area contributed by atoms with Crippen LogP contribution < -0.4 is 5.32 Å². The van der Waals surface area contributed by atoms with E-state index in [4.69, 9.17) is 4.74 Å². The van der Waals surface area contributed by atoms with Crippen LogP contribution in [0.4, 0.5) is 0 Å². The lowest BCUT2D eigenvalue weighted by Crippen LogP contribution is -2.43. The molecular weight excluding hydrogens is 250 g/mol. The predicted octanol–water partition coefficient (Wildman–Crippen LogP) is 0.234. The molecule has 0 aromatic carbocycles. The maximum atomic E-state index is 9.92. The minimum absolute atomic E-state index is 0.329. The highest BCUT2D eigenvalue weighted by molar-refractivity contribution is 7.09. The Morgan fingerprint density at radius 1 is 1.56 bits per heavy atom. The number of aryl methyl sites for hydroxylation is 1. The number of aromatic nitrogens is 1. The van der Waals surface area contributed by atoms with Gasteiger partial charge in [0.1, 0.15) is 5.01 Å². The highest BCUT2D eigenvalue weighted by Gasteiger charge is 2.14. The molecule has 102 valence electrons. The number of aliphatic hydroxyl groups is 1. The number of hydrogen-bond donors (Lipinski definition) is 2. The monoisotopic (exact) mass is 271 g/mol. The summed E-state index contributed by atoms with van der Waals surface area (Å²) in [5.41, 5.74) is 1.06. The maximum Gasteiger partial charge on any atom is 0.107 e. The minimum atomic E-state index is -0.329. The van der Waals surface area contributed by atoms with E-state index in [1.165, 1.54) is 0 Å². The largest absolute Gasteiger partial charge is 0.390 e. The van der Waals surface area contributed by atoms with Crippen LogP contribution >= 0.6 is 11.3 Å². The molecule has 2 N–H and O–H groups in total. The van der Waals surface area contributed by atoms with E-state index in [-0.39, 0.29) is 6.10 Å². The molecule has 6 heteroatoms. The summed E-state index contributed by atoms with van der Waals surface area (Å²) >= 11 is 1.65. The molecule has 1 saturated heterocycles. The smallest absolute Gasteiger partial charge is 0.107 e. The first-order chi connectivity index (χ1) is 8.74. The van der Waals surface area contributed by atoms with Gasteiger partial charge in [-0.25, -0.2) is 4.98 Å². The molecule has 1 aromatic rings. The first-order valence-corrected chi connectivity index (χ1v) is 7.22. The molecule has 0 amide bonds. The number of morpholine rings is 1. The SMILES string of the molecule is Cc1csc(CNCC(O)CN2CCOCC2)n1. The Morgan fingerprint density at radius 2 is 2.33 bits per heavy atom. The van der Waals surface area contributed by atoms with Gasteiger partial charge in [-0.05, 0) is 6.92 Å². The summed E-state index contributed by atoms with van der Waals surface area (Å²) < 4.78 is 5.28. The van der Waals surface area contributed by atoms with Crippen molar-refractivity contribution in [2.24, 2.45) is 0 Å². The summed E-state index contributed by atoms with van der Waals surface area (Å²) in [4.78, 5) is 6.61. The van der Waals surface area contributed by atoms with E-state index in [9.17, 15) is 5.11 Å². The molecule has 2 heterocycles. The lowest BCUT2D eigenvalue weighted by atomic mass is 10.3.